The number of likely N-dealkylation sites (tertiary alicyclic amines) is 1. The summed E-state index contributed by atoms with van der Waals surface area (Å²) in [6.45, 7) is 1.96. The first-order valence-corrected chi connectivity index (χ1v) is 12.8. The molecule has 2 amide bonds. The molecule has 0 radical (unpaired) electrons. The van der Waals surface area contributed by atoms with Gasteiger partial charge >= 0.3 is 0 Å². The van der Waals surface area contributed by atoms with E-state index in [2.05, 4.69) is 0 Å². The van der Waals surface area contributed by atoms with Gasteiger partial charge in [0.05, 0.1) is 4.91 Å². The topological polar surface area (TPSA) is 40.6 Å². The molecule has 0 N–H and O–H groups in total. The van der Waals surface area contributed by atoms with Crippen LogP contribution in [0.4, 0.5) is 4.39 Å². The van der Waals surface area contributed by atoms with Crippen molar-refractivity contribution >= 4 is 29.7 Å². The zero-order valence-corrected chi connectivity index (χ0v) is 19.5. The fourth-order valence-corrected chi connectivity index (χ4v) is 6.62. The lowest BCUT2D eigenvalue weighted by Gasteiger charge is -2.44. The fraction of sp³-hybridized carbons (Fsp3) is 0.407. The van der Waals surface area contributed by atoms with Crippen LogP contribution in [0.3, 0.4) is 0 Å². The van der Waals surface area contributed by atoms with Gasteiger partial charge in [0.1, 0.15) is 5.82 Å². The normalized spacial score (nSPS) is 24.3. The average molecular weight is 465 g/mol. The summed E-state index contributed by atoms with van der Waals surface area (Å²) in [7, 11) is 0. The molecule has 3 fully saturated rings. The number of rotatable bonds is 4. The maximum atomic E-state index is 14.4. The van der Waals surface area contributed by atoms with Crippen molar-refractivity contribution in [3.05, 3.63) is 75.9 Å². The van der Waals surface area contributed by atoms with Gasteiger partial charge in [-0.3, -0.25) is 9.59 Å². The number of hydrogen-bond donors (Lipinski definition) is 0. The van der Waals surface area contributed by atoms with E-state index in [1.807, 2.05) is 46.2 Å². The van der Waals surface area contributed by atoms with E-state index in [-0.39, 0.29) is 23.7 Å². The lowest BCUT2D eigenvalue weighted by Crippen LogP contribution is -2.50. The molecule has 0 bridgehead atoms. The summed E-state index contributed by atoms with van der Waals surface area (Å²) in [4.78, 5) is 30.6. The number of halogens is 1. The summed E-state index contributed by atoms with van der Waals surface area (Å²) < 4.78 is 14.4. The Balaban J connectivity index is 1.38. The van der Waals surface area contributed by atoms with Crippen molar-refractivity contribution in [1.82, 2.24) is 9.80 Å². The zero-order chi connectivity index (χ0) is 22.8. The molecule has 2 aliphatic heterocycles. The molecule has 5 rings (SSSR count). The quantitative estimate of drug-likeness (QED) is 0.562. The first-order valence-electron chi connectivity index (χ1n) is 11.9. The van der Waals surface area contributed by atoms with Crippen LogP contribution >= 0.6 is 11.8 Å². The lowest BCUT2D eigenvalue weighted by atomic mass is 9.92. The van der Waals surface area contributed by atoms with Gasteiger partial charge in [0, 0.05) is 42.1 Å². The van der Waals surface area contributed by atoms with E-state index >= 15 is 0 Å². The summed E-state index contributed by atoms with van der Waals surface area (Å²) >= 11 is 1.67. The summed E-state index contributed by atoms with van der Waals surface area (Å²) in [5.74, 6) is -0.209. The largest absolute Gasteiger partial charge is 0.339 e. The van der Waals surface area contributed by atoms with Gasteiger partial charge in [0.25, 0.3) is 11.8 Å². The third-order valence-electron chi connectivity index (χ3n) is 6.97. The Morgan fingerprint density at radius 2 is 1.73 bits per heavy atom. The molecule has 0 spiro atoms. The van der Waals surface area contributed by atoms with Crippen LogP contribution in [0, 0.1) is 5.82 Å². The summed E-state index contributed by atoms with van der Waals surface area (Å²) in [6, 6.07) is 14.4. The van der Waals surface area contributed by atoms with Gasteiger partial charge in [-0.05, 0) is 55.5 Å². The van der Waals surface area contributed by atoms with Gasteiger partial charge in [0.15, 0.2) is 0 Å². The molecule has 2 saturated heterocycles. The summed E-state index contributed by atoms with van der Waals surface area (Å²) in [5.41, 5.74) is 2.16. The molecule has 2 atom stereocenters. The Hall–Kier alpha value is -2.60. The van der Waals surface area contributed by atoms with E-state index in [1.165, 1.54) is 6.07 Å². The third kappa shape index (κ3) is 4.72. The molecule has 2 heterocycles. The van der Waals surface area contributed by atoms with Crippen molar-refractivity contribution in [2.45, 2.75) is 56.4 Å². The van der Waals surface area contributed by atoms with E-state index in [1.54, 1.807) is 23.9 Å². The molecule has 2 unspecified atom stereocenters. The Bertz CT molecular complexity index is 1060. The SMILES string of the molecule is O=C(c1ccc(/C=C2\SC3CCCCC3N(Cc3ccccc3F)C2=O)cc1)N1CCCC1. The molecular weight excluding hydrogens is 435 g/mol. The number of carbonyl (C=O) groups is 2. The second kappa shape index (κ2) is 9.72. The van der Waals surface area contributed by atoms with E-state index in [0.717, 1.165) is 57.2 Å². The zero-order valence-electron chi connectivity index (χ0n) is 18.7. The van der Waals surface area contributed by atoms with Gasteiger partial charge < -0.3 is 9.80 Å². The molecule has 2 aromatic carbocycles. The molecule has 0 aromatic heterocycles. The van der Waals surface area contributed by atoms with Crippen LogP contribution < -0.4 is 0 Å². The van der Waals surface area contributed by atoms with E-state index in [9.17, 15) is 14.0 Å². The van der Waals surface area contributed by atoms with Crippen LogP contribution in [0.15, 0.2) is 53.4 Å². The van der Waals surface area contributed by atoms with E-state index in [0.29, 0.717) is 27.8 Å². The van der Waals surface area contributed by atoms with Crippen LogP contribution in [0.25, 0.3) is 6.08 Å². The Labute approximate surface area is 198 Å². The third-order valence-corrected chi connectivity index (χ3v) is 8.36. The Morgan fingerprint density at radius 3 is 2.48 bits per heavy atom. The summed E-state index contributed by atoms with van der Waals surface area (Å²) in [6.07, 6.45) is 8.37. The molecule has 3 aliphatic rings. The predicted octanol–water partition coefficient (Wildman–Crippen LogP) is 5.49. The van der Waals surface area contributed by atoms with Crippen molar-refractivity contribution in [1.29, 1.82) is 0 Å². The van der Waals surface area contributed by atoms with Crippen LogP contribution in [0.5, 0.6) is 0 Å². The van der Waals surface area contributed by atoms with Crippen LogP contribution in [-0.4, -0.2) is 46.0 Å². The van der Waals surface area contributed by atoms with Crippen molar-refractivity contribution in [3.8, 4) is 0 Å². The van der Waals surface area contributed by atoms with Gasteiger partial charge in [0.2, 0.25) is 0 Å². The maximum Gasteiger partial charge on any atom is 0.260 e. The lowest BCUT2D eigenvalue weighted by molar-refractivity contribution is -0.130. The second-order valence-electron chi connectivity index (χ2n) is 9.16. The monoisotopic (exact) mass is 464 g/mol. The Kier molecular flexibility index (Phi) is 6.54. The highest BCUT2D eigenvalue weighted by atomic mass is 32.2. The van der Waals surface area contributed by atoms with Gasteiger partial charge in [-0.1, -0.05) is 43.2 Å². The van der Waals surface area contributed by atoms with E-state index < -0.39 is 0 Å². The van der Waals surface area contributed by atoms with Crippen molar-refractivity contribution < 1.29 is 14.0 Å². The van der Waals surface area contributed by atoms with Crippen molar-refractivity contribution in [2.24, 2.45) is 0 Å². The standard InChI is InChI=1S/C27H29FN2O2S/c28-22-8-2-1-7-21(22)18-30-23-9-3-4-10-24(23)33-25(27(30)32)17-19-11-13-20(14-12-19)26(31)29-15-5-6-16-29/h1-2,7-8,11-14,17,23-24H,3-6,9-10,15-16,18H2/b25-17-. The van der Waals surface area contributed by atoms with Crippen LogP contribution in [0.2, 0.25) is 0 Å². The first-order chi connectivity index (χ1) is 16.1. The minimum absolute atomic E-state index is 0.0244. The number of thioether (sulfide) groups is 1. The number of benzene rings is 2. The van der Waals surface area contributed by atoms with Crippen molar-refractivity contribution in [3.63, 3.8) is 0 Å². The summed E-state index contributed by atoms with van der Waals surface area (Å²) in [5, 5.41) is 0.338. The van der Waals surface area contributed by atoms with Crippen LogP contribution in [0.1, 0.15) is 60.0 Å². The van der Waals surface area contributed by atoms with Gasteiger partial charge in [-0.2, -0.15) is 0 Å². The molecule has 6 heteroatoms. The maximum absolute atomic E-state index is 14.4. The van der Waals surface area contributed by atoms with Crippen LogP contribution in [-0.2, 0) is 11.3 Å². The highest BCUT2D eigenvalue weighted by Gasteiger charge is 2.40. The molecule has 1 saturated carbocycles. The minimum Gasteiger partial charge on any atom is -0.339 e. The highest BCUT2D eigenvalue weighted by Crippen LogP contribution is 2.42. The second-order valence-corrected chi connectivity index (χ2v) is 10.4. The average Bonchev–Trinajstić information content (AvgIpc) is 3.38. The first kappa shape index (κ1) is 22.2. The molecule has 4 nitrogen and oxygen atoms in total. The van der Waals surface area contributed by atoms with Gasteiger partial charge in [-0.15, -0.1) is 11.8 Å². The highest BCUT2D eigenvalue weighted by molar-refractivity contribution is 8.04. The van der Waals surface area contributed by atoms with Crippen molar-refractivity contribution in [2.75, 3.05) is 13.1 Å². The number of carbonyl (C=O) groups excluding carboxylic acids is 2. The van der Waals surface area contributed by atoms with E-state index in [4.69, 9.17) is 0 Å². The minimum atomic E-state index is -0.264. The smallest absolute Gasteiger partial charge is 0.260 e. The molecule has 172 valence electrons. The molecular formula is C27H29FN2O2S. The molecule has 2 aromatic rings. The molecule has 33 heavy (non-hydrogen) atoms. The number of hydrogen-bond acceptors (Lipinski definition) is 3. The Morgan fingerprint density at radius 1 is 1.00 bits per heavy atom. The number of amides is 2. The number of fused-ring (bicyclic) bond motifs is 1. The predicted molar refractivity (Wildman–Crippen MR) is 130 cm³/mol. The molecule has 1 aliphatic carbocycles. The fourth-order valence-electron chi connectivity index (χ4n) is 5.15. The number of nitrogens with zero attached hydrogens (tertiary/aromatic N) is 2. The van der Waals surface area contributed by atoms with Gasteiger partial charge in [-0.25, -0.2) is 4.39 Å².